The van der Waals surface area contributed by atoms with Crippen LogP contribution in [0.2, 0.25) is 0 Å². The zero-order chi connectivity index (χ0) is 26.5. The highest BCUT2D eigenvalue weighted by Crippen LogP contribution is 2.35. The molecular formula is C27H53O7PS. The van der Waals surface area contributed by atoms with E-state index < -0.39 is 25.2 Å². The Bertz CT molecular complexity index is 562. The Hall–Kier alpha value is -0.110. The Morgan fingerprint density at radius 1 is 0.917 bits per heavy atom. The summed E-state index contributed by atoms with van der Waals surface area (Å²) < 4.78 is 29.9. The maximum Gasteiger partial charge on any atom is 0.346 e. The third kappa shape index (κ3) is 14.7. The van der Waals surface area contributed by atoms with Crippen LogP contribution in [0, 0.1) is 0 Å². The Morgan fingerprint density at radius 3 is 2.14 bits per heavy atom. The molecule has 1 aliphatic rings. The van der Waals surface area contributed by atoms with Crippen molar-refractivity contribution in [2.45, 2.75) is 140 Å². The van der Waals surface area contributed by atoms with Crippen LogP contribution in [-0.4, -0.2) is 64.7 Å². The van der Waals surface area contributed by atoms with Gasteiger partial charge in [-0.15, -0.1) is 11.8 Å². The van der Waals surface area contributed by atoms with Crippen LogP contribution in [0.15, 0.2) is 0 Å². The Morgan fingerprint density at radius 2 is 1.53 bits per heavy atom. The number of hydrogen-bond acceptors (Lipinski definition) is 7. The van der Waals surface area contributed by atoms with E-state index in [4.69, 9.17) is 14.2 Å². The molecule has 1 fully saturated rings. The fourth-order valence-corrected chi connectivity index (χ4v) is 6.23. The smallest absolute Gasteiger partial charge is 0.346 e. The van der Waals surface area contributed by atoms with Crippen molar-refractivity contribution in [1.82, 2.24) is 0 Å². The maximum atomic E-state index is 11.8. The van der Waals surface area contributed by atoms with Gasteiger partial charge in [-0.1, -0.05) is 90.9 Å². The molecule has 0 saturated heterocycles. The van der Waals surface area contributed by atoms with Crippen LogP contribution in [0.1, 0.15) is 117 Å². The van der Waals surface area contributed by atoms with Crippen molar-refractivity contribution in [3.8, 4) is 0 Å². The molecule has 36 heavy (non-hydrogen) atoms. The molecule has 0 aliphatic heterocycles. The van der Waals surface area contributed by atoms with Gasteiger partial charge >= 0.3 is 5.97 Å². The van der Waals surface area contributed by atoms with Gasteiger partial charge in [-0.05, 0) is 31.4 Å². The zero-order valence-electron chi connectivity index (χ0n) is 22.8. The minimum Gasteiger partial charge on any atom is -0.479 e. The van der Waals surface area contributed by atoms with Gasteiger partial charge in [-0.3, -0.25) is 0 Å². The molecule has 1 aliphatic carbocycles. The number of carbonyl (C=O) groups is 1. The van der Waals surface area contributed by atoms with Crippen LogP contribution in [-0.2, 0) is 23.6 Å². The zero-order valence-corrected chi connectivity index (χ0v) is 24.8. The molecule has 0 bridgehead atoms. The summed E-state index contributed by atoms with van der Waals surface area (Å²) in [5, 5.41) is 17.8. The van der Waals surface area contributed by atoms with Crippen molar-refractivity contribution in [1.29, 1.82) is 0 Å². The summed E-state index contributed by atoms with van der Waals surface area (Å²) in [6.07, 6.45) is 18.3. The Balaban J connectivity index is 2.60. The minimum atomic E-state index is -2.39. The number of unbranched alkanes of at least 4 members (excludes halogenated alkanes) is 9. The maximum absolute atomic E-state index is 11.8. The lowest BCUT2D eigenvalue weighted by Gasteiger charge is -2.30. The van der Waals surface area contributed by atoms with Crippen LogP contribution >= 0.6 is 20.2 Å². The van der Waals surface area contributed by atoms with Crippen LogP contribution in [0.25, 0.3) is 0 Å². The van der Waals surface area contributed by atoms with Crippen molar-refractivity contribution in [3.05, 3.63) is 0 Å². The van der Waals surface area contributed by atoms with Crippen molar-refractivity contribution < 1.29 is 33.8 Å². The molecule has 0 aromatic heterocycles. The number of thioether (sulfide) groups is 1. The van der Waals surface area contributed by atoms with E-state index in [-0.39, 0.29) is 18.8 Å². The summed E-state index contributed by atoms with van der Waals surface area (Å²) >= 11 is 1.22. The number of rotatable bonds is 24. The highest BCUT2D eigenvalue weighted by molar-refractivity contribution is 8.00. The quantitative estimate of drug-likeness (QED) is 0.0779. The molecule has 1 rings (SSSR count). The standard InChI is InChI=1S/C27H53O7PS/c1-3-5-7-8-9-10-11-15-19-32-24(21-33-23-17-13-12-14-18-23)22-34-26(36-20-16-6-4-2)27(30,35-31)25(28)29/h23-24,26,30H,3-22,35H2,1-2H3,(H,28,29). The highest BCUT2D eigenvalue weighted by atomic mass is 32.2. The second-order valence-corrected chi connectivity index (χ2v) is 12.3. The monoisotopic (exact) mass is 552 g/mol. The number of hydrogen-bond donors (Lipinski definition) is 2. The summed E-state index contributed by atoms with van der Waals surface area (Å²) in [4.78, 5) is 11.7. The van der Waals surface area contributed by atoms with Gasteiger partial charge in [0, 0.05) is 6.61 Å². The molecule has 4 unspecified atom stereocenters. The van der Waals surface area contributed by atoms with Crippen LogP contribution in [0.4, 0.5) is 0 Å². The van der Waals surface area contributed by atoms with Gasteiger partial charge < -0.3 is 29.0 Å². The highest BCUT2D eigenvalue weighted by Gasteiger charge is 2.45. The average molecular weight is 553 g/mol. The molecule has 0 heterocycles. The van der Waals surface area contributed by atoms with Crippen molar-refractivity contribution in [3.63, 3.8) is 0 Å². The van der Waals surface area contributed by atoms with Crippen LogP contribution in [0.3, 0.4) is 0 Å². The third-order valence-corrected chi connectivity index (χ3v) is 9.23. The molecule has 0 spiro atoms. The normalized spacial score (nSPS) is 18.4. The Kier molecular flexibility index (Phi) is 20.5. The Labute approximate surface area is 225 Å². The van der Waals surface area contributed by atoms with Gasteiger partial charge in [-0.25, -0.2) is 4.79 Å². The first-order valence-electron chi connectivity index (χ1n) is 14.4. The van der Waals surface area contributed by atoms with Gasteiger partial charge in [0.25, 0.3) is 0 Å². The van der Waals surface area contributed by atoms with Gasteiger partial charge in [0.1, 0.15) is 20.0 Å². The average Bonchev–Trinajstić information content (AvgIpc) is 2.89. The largest absolute Gasteiger partial charge is 0.479 e. The second kappa shape index (κ2) is 21.8. The summed E-state index contributed by atoms with van der Waals surface area (Å²) in [5.74, 6) is -0.869. The molecule has 0 aromatic carbocycles. The van der Waals surface area contributed by atoms with E-state index in [0.717, 1.165) is 44.9 Å². The summed E-state index contributed by atoms with van der Waals surface area (Å²) in [6, 6.07) is 0. The first-order chi connectivity index (χ1) is 17.5. The van der Waals surface area contributed by atoms with E-state index in [1.807, 2.05) is 0 Å². The van der Waals surface area contributed by atoms with E-state index >= 15 is 0 Å². The number of aliphatic hydroxyl groups is 1. The first-order valence-corrected chi connectivity index (χ1v) is 16.5. The van der Waals surface area contributed by atoms with Crippen molar-refractivity contribution in [2.75, 3.05) is 25.6 Å². The number of ether oxygens (including phenoxy) is 3. The SMILES string of the molecule is CCCCCCCCCCOC(COC1CCCCC1)COC(SCCCCC)C(O)([PH2]=O)C(=O)O. The molecule has 0 amide bonds. The summed E-state index contributed by atoms with van der Waals surface area (Å²) in [6.45, 7) is 5.40. The number of aliphatic carboxylic acids is 1. The fraction of sp³-hybridized carbons (Fsp3) is 0.963. The molecule has 0 aromatic rings. The van der Waals surface area contributed by atoms with Crippen molar-refractivity contribution >= 4 is 26.2 Å². The molecule has 9 heteroatoms. The summed E-state index contributed by atoms with van der Waals surface area (Å²) in [7, 11) is -1.98. The second-order valence-electron chi connectivity index (χ2n) is 10.1. The van der Waals surface area contributed by atoms with E-state index in [0.29, 0.717) is 19.0 Å². The first kappa shape index (κ1) is 33.9. The molecule has 0 radical (unpaired) electrons. The lowest BCUT2D eigenvalue weighted by molar-refractivity contribution is -0.158. The predicted molar refractivity (Wildman–Crippen MR) is 150 cm³/mol. The van der Waals surface area contributed by atoms with Crippen molar-refractivity contribution in [2.24, 2.45) is 0 Å². The molecule has 1 saturated carbocycles. The van der Waals surface area contributed by atoms with E-state index in [2.05, 4.69) is 13.8 Å². The number of carboxylic acids is 1. The number of carboxylic acid groups (broad SMARTS) is 1. The minimum absolute atomic E-state index is 0.101. The topological polar surface area (TPSA) is 102 Å². The fourth-order valence-electron chi connectivity index (χ4n) is 4.35. The third-order valence-electron chi connectivity index (χ3n) is 6.75. The predicted octanol–water partition coefficient (Wildman–Crippen LogP) is 6.66. The van der Waals surface area contributed by atoms with Crippen LogP contribution in [0.5, 0.6) is 0 Å². The van der Waals surface area contributed by atoms with E-state index in [9.17, 15) is 19.6 Å². The van der Waals surface area contributed by atoms with E-state index in [1.54, 1.807) is 0 Å². The molecule has 7 nitrogen and oxygen atoms in total. The summed E-state index contributed by atoms with van der Waals surface area (Å²) in [5.41, 5.74) is -1.11. The lowest BCUT2D eigenvalue weighted by Crippen LogP contribution is -2.46. The molecule has 4 atom stereocenters. The van der Waals surface area contributed by atoms with Gasteiger partial charge in [0.05, 0.1) is 19.3 Å². The lowest BCUT2D eigenvalue weighted by atomic mass is 9.98. The molecule has 2 N–H and O–H groups in total. The van der Waals surface area contributed by atoms with Gasteiger partial charge in [0.15, 0.2) is 0 Å². The molecule has 214 valence electrons. The van der Waals surface area contributed by atoms with Gasteiger partial charge in [-0.2, -0.15) is 0 Å². The van der Waals surface area contributed by atoms with Crippen LogP contribution < -0.4 is 0 Å². The van der Waals surface area contributed by atoms with E-state index in [1.165, 1.54) is 69.5 Å². The molecular weight excluding hydrogens is 499 g/mol. The van der Waals surface area contributed by atoms with Gasteiger partial charge in [0.2, 0.25) is 5.34 Å².